The zero-order valence-corrected chi connectivity index (χ0v) is 13.4. The summed E-state index contributed by atoms with van der Waals surface area (Å²) in [5.41, 5.74) is 1.23. The van der Waals surface area contributed by atoms with Crippen molar-refractivity contribution in [2.45, 2.75) is 13.8 Å². The number of carbonyl (C=O) groups is 2. The van der Waals surface area contributed by atoms with Crippen molar-refractivity contribution in [3.05, 3.63) is 47.5 Å². The molecule has 2 aromatic rings. The fraction of sp³-hybridized carbons (Fsp3) is 0.222. The summed E-state index contributed by atoms with van der Waals surface area (Å²) in [5.74, 6) is -1.66. The van der Waals surface area contributed by atoms with E-state index in [2.05, 4.69) is 0 Å². The predicted molar refractivity (Wildman–Crippen MR) is 88.1 cm³/mol. The summed E-state index contributed by atoms with van der Waals surface area (Å²) in [5, 5.41) is 18.7. The standard InChI is InChI=1S/C18H18O6/c1-3-23-15-7-5-11(9-13(15)17(19)20)12-6-8-16(24-4-2)14(10-12)18(21)22/h5-10H,3-4H2,1-2H3,(H,19,20)(H,21,22). The molecule has 2 N–H and O–H groups in total. The maximum absolute atomic E-state index is 11.4. The van der Waals surface area contributed by atoms with E-state index in [-0.39, 0.29) is 22.6 Å². The van der Waals surface area contributed by atoms with E-state index in [0.717, 1.165) is 0 Å². The molecular formula is C18H18O6. The average molecular weight is 330 g/mol. The average Bonchev–Trinajstić information content (AvgIpc) is 2.55. The van der Waals surface area contributed by atoms with E-state index < -0.39 is 11.9 Å². The third kappa shape index (κ3) is 3.65. The van der Waals surface area contributed by atoms with Gasteiger partial charge in [0.2, 0.25) is 0 Å². The predicted octanol–water partition coefficient (Wildman–Crippen LogP) is 3.55. The molecule has 0 aromatic heterocycles. The van der Waals surface area contributed by atoms with Gasteiger partial charge in [-0.3, -0.25) is 0 Å². The van der Waals surface area contributed by atoms with E-state index in [1.807, 2.05) is 0 Å². The van der Waals surface area contributed by atoms with Gasteiger partial charge in [-0.15, -0.1) is 0 Å². The van der Waals surface area contributed by atoms with Gasteiger partial charge in [0.15, 0.2) is 0 Å². The highest BCUT2D eigenvalue weighted by molar-refractivity contribution is 5.95. The van der Waals surface area contributed by atoms with Crippen molar-refractivity contribution in [3.8, 4) is 22.6 Å². The van der Waals surface area contributed by atoms with Gasteiger partial charge in [0.05, 0.1) is 13.2 Å². The zero-order valence-electron chi connectivity index (χ0n) is 13.4. The first-order valence-corrected chi connectivity index (χ1v) is 7.48. The molecule has 0 saturated heterocycles. The van der Waals surface area contributed by atoms with Gasteiger partial charge in [-0.25, -0.2) is 9.59 Å². The van der Waals surface area contributed by atoms with Crippen LogP contribution in [0, 0.1) is 0 Å². The summed E-state index contributed by atoms with van der Waals surface area (Å²) in [6.07, 6.45) is 0. The summed E-state index contributed by atoms with van der Waals surface area (Å²) in [7, 11) is 0. The van der Waals surface area contributed by atoms with Crippen LogP contribution in [-0.2, 0) is 0 Å². The van der Waals surface area contributed by atoms with Gasteiger partial charge < -0.3 is 19.7 Å². The maximum atomic E-state index is 11.4. The van der Waals surface area contributed by atoms with E-state index in [4.69, 9.17) is 9.47 Å². The summed E-state index contributed by atoms with van der Waals surface area (Å²) in [6.45, 7) is 4.24. The highest BCUT2D eigenvalue weighted by Gasteiger charge is 2.16. The lowest BCUT2D eigenvalue weighted by Crippen LogP contribution is -2.04. The van der Waals surface area contributed by atoms with Crippen LogP contribution in [0.1, 0.15) is 34.6 Å². The molecule has 0 aliphatic rings. The number of aromatic carboxylic acids is 2. The lowest BCUT2D eigenvalue weighted by molar-refractivity contribution is 0.0681. The Balaban J connectivity index is 2.51. The van der Waals surface area contributed by atoms with E-state index in [9.17, 15) is 19.8 Å². The lowest BCUT2D eigenvalue weighted by Gasteiger charge is -2.12. The second-order valence-corrected chi connectivity index (χ2v) is 4.90. The summed E-state index contributed by atoms with van der Waals surface area (Å²) in [4.78, 5) is 22.8. The molecule has 0 saturated carbocycles. The fourth-order valence-electron chi connectivity index (χ4n) is 2.32. The van der Waals surface area contributed by atoms with Gasteiger partial charge in [-0.05, 0) is 49.2 Å². The van der Waals surface area contributed by atoms with Gasteiger partial charge in [0.25, 0.3) is 0 Å². The number of carboxylic acids is 2. The largest absolute Gasteiger partial charge is 0.493 e. The molecule has 0 aliphatic carbocycles. The zero-order chi connectivity index (χ0) is 17.7. The van der Waals surface area contributed by atoms with Crippen molar-refractivity contribution in [1.82, 2.24) is 0 Å². The summed E-state index contributed by atoms with van der Waals surface area (Å²) >= 11 is 0. The van der Waals surface area contributed by atoms with Crippen LogP contribution in [-0.4, -0.2) is 35.4 Å². The Morgan fingerprint density at radius 2 is 1.17 bits per heavy atom. The first-order chi connectivity index (χ1) is 11.5. The van der Waals surface area contributed by atoms with Crippen LogP contribution in [0.25, 0.3) is 11.1 Å². The molecule has 6 heteroatoms. The van der Waals surface area contributed by atoms with Crippen LogP contribution in [0.4, 0.5) is 0 Å². The highest BCUT2D eigenvalue weighted by Crippen LogP contribution is 2.30. The van der Waals surface area contributed by atoms with E-state index in [1.165, 1.54) is 12.1 Å². The SMILES string of the molecule is CCOc1ccc(-c2ccc(OCC)c(C(=O)O)c2)cc1C(=O)O. The number of rotatable bonds is 7. The van der Waals surface area contributed by atoms with Gasteiger partial charge in [-0.1, -0.05) is 12.1 Å². The van der Waals surface area contributed by atoms with Crippen molar-refractivity contribution in [2.24, 2.45) is 0 Å². The third-order valence-corrected chi connectivity index (χ3v) is 3.35. The first kappa shape index (κ1) is 17.3. The van der Waals surface area contributed by atoms with Crippen molar-refractivity contribution >= 4 is 11.9 Å². The molecule has 0 atom stereocenters. The molecule has 24 heavy (non-hydrogen) atoms. The van der Waals surface area contributed by atoms with E-state index >= 15 is 0 Å². The van der Waals surface area contributed by atoms with E-state index in [1.54, 1.807) is 38.1 Å². The van der Waals surface area contributed by atoms with Crippen molar-refractivity contribution in [1.29, 1.82) is 0 Å². The number of hydrogen-bond donors (Lipinski definition) is 2. The van der Waals surface area contributed by atoms with Crippen LogP contribution in [0.5, 0.6) is 11.5 Å². The number of carboxylic acid groups (broad SMARTS) is 2. The Bertz CT molecular complexity index is 701. The quantitative estimate of drug-likeness (QED) is 0.806. The van der Waals surface area contributed by atoms with Crippen LogP contribution >= 0.6 is 0 Å². The molecule has 0 aliphatic heterocycles. The summed E-state index contributed by atoms with van der Waals surface area (Å²) in [6, 6.07) is 9.46. The van der Waals surface area contributed by atoms with Crippen molar-refractivity contribution in [2.75, 3.05) is 13.2 Å². The van der Waals surface area contributed by atoms with Gasteiger partial charge in [0.1, 0.15) is 22.6 Å². The minimum Gasteiger partial charge on any atom is -0.493 e. The number of ether oxygens (including phenoxy) is 2. The van der Waals surface area contributed by atoms with Gasteiger partial charge in [-0.2, -0.15) is 0 Å². The molecule has 0 bridgehead atoms. The molecule has 6 nitrogen and oxygen atoms in total. The highest BCUT2D eigenvalue weighted by atomic mass is 16.5. The molecule has 2 rings (SSSR count). The second kappa shape index (κ2) is 7.50. The fourth-order valence-corrected chi connectivity index (χ4v) is 2.32. The molecule has 2 aromatic carbocycles. The third-order valence-electron chi connectivity index (χ3n) is 3.35. The Hall–Kier alpha value is -3.02. The minimum atomic E-state index is -1.11. The maximum Gasteiger partial charge on any atom is 0.339 e. The van der Waals surface area contributed by atoms with Crippen molar-refractivity contribution in [3.63, 3.8) is 0 Å². The normalized spacial score (nSPS) is 10.2. The molecule has 126 valence electrons. The smallest absolute Gasteiger partial charge is 0.339 e. The van der Waals surface area contributed by atoms with Crippen LogP contribution in [0.2, 0.25) is 0 Å². The Morgan fingerprint density at radius 1 is 0.792 bits per heavy atom. The van der Waals surface area contributed by atoms with Crippen molar-refractivity contribution < 1.29 is 29.3 Å². The Morgan fingerprint density at radius 3 is 1.46 bits per heavy atom. The Labute approximate surface area is 139 Å². The molecule has 0 spiro atoms. The number of hydrogen-bond acceptors (Lipinski definition) is 4. The molecular weight excluding hydrogens is 312 g/mol. The van der Waals surface area contributed by atoms with Gasteiger partial charge in [0, 0.05) is 0 Å². The lowest BCUT2D eigenvalue weighted by atomic mass is 10.00. The number of benzene rings is 2. The van der Waals surface area contributed by atoms with Gasteiger partial charge >= 0.3 is 11.9 Å². The minimum absolute atomic E-state index is 0.0279. The molecule has 0 heterocycles. The van der Waals surface area contributed by atoms with Crippen LogP contribution in [0.15, 0.2) is 36.4 Å². The van der Waals surface area contributed by atoms with Crippen LogP contribution < -0.4 is 9.47 Å². The first-order valence-electron chi connectivity index (χ1n) is 7.48. The topological polar surface area (TPSA) is 93.1 Å². The monoisotopic (exact) mass is 330 g/mol. The Kier molecular flexibility index (Phi) is 5.42. The van der Waals surface area contributed by atoms with E-state index in [0.29, 0.717) is 24.3 Å². The molecule has 0 unspecified atom stereocenters. The molecule has 0 amide bonds. The summed E-state index contributed by atoms with van der Waals surface area (Å²) < 4.78 is 10.6. The molecule has 0 fully saturated rings. The molecule has 0 radical (unpaired) electrons. The second-order valence-electron chi connectivity index (χ2n) is 4.90. The van der Waals surface area contributed by atoms with Crippen LogP contribution in [0.3, 0.4) is 0 Å².